The summed E-state index contributed by atoms with van der Waals surface area (Å²) in [5, 5.41) is 12.2. The minimum Gasteiger partial charge on any atom is -0.296 e. The number of carbonyl (C=O) groups is 1. The van der Waals surface area contributed by atoms with Crippen molar-refractivity contribution in [1.29, 1.82) is 0 Å². The van der Waals surface area contributed by atoms with Gasteiger partial charge in [-0.2, -0.15) is 4.31 Å². The summed E-state index contributed by atoms with van der Waals surface area (Å²) in [5.74, 6) is -0.323. The van der Waals surface area contributed by atoms with Crippen molar-refractivity contribution in [2.24, 2.45) is 0 Å². The van der Waals surface area contributed by atoms with Crippen molar-refractivity contribution in [2.75, 3.05) is 11.9 Å². The molecule has 0 bridgehead atoms. The maximum Gasteiger partial charge on any atom is 0.257 e. The van der Waals surface area contributed by atoms with Crippen molar-refractivity contribution in [1.82, 2.24) is 14.5 Å². The second-order valence-electron chi connectivity index (χ2n) is 7.40. The molecular formula is C20H28N4O3S2. The number of carbonyl (C=O) groups excluding carboxylic acids is 1. The molecule has 1 unspecified atom stereocenters. The van der Waals surface area contributed by atoms with Crippen LogP contribution < -0.4 is 5.32 Å². The third-order valence-corrected chi connectivity index (χ3v) is 8.07. The Morgan fingerprint density at radius 2 is 1.97 bits per heavy atom. The average Bonchev–Trinajstić information content (AvgIpc) is 3.15. The van der Waals surface area contributed by atoms with Crippen LogP contribution in [-0.4, -0.2) is 41.4 Å². The Morgan fingerprint density at radius 1 is 1.21 bits per heavy atom. The third-order valence-electron chi connectivity index (χ3n) is 5.15. The molecule has 0 saturated carbocycles. The molecule has 1 fully saturated rings. The van der Waals surface area contributed by atoms with Crippen LogP contribution >= 0.6 is 11.3 Å². The number of rotatable bonds is 8. The first kappa shape index (κ1) is 21.9. The molecule has 1 aliphatic rings. The van der Waals surface area contributed by atoms with E-state index < -0.39 is 10.0 Å². The summed E-state index contributed by atoms with van der Waals surface area (Å²) < 4.78 is 27.3. The fourth-order valence-corrected chi connectivity index (χ4v) is 5.92. The summed E-state index contributed by atoms with van der Waals surface area (Å²) in [4.78, 5) is 12.7. The third kappa shape index (κ3) is 5.40. The summed E-state index contributed by atoms with van der Waals surface area (Å²) in [6.07, 6.45) is 7.03. The lowest BCUT2D eigenvalue weighted by molar-refractivity contribution is 0.102. The Balaban J connectivity index is 1.64. The summed E-state index contributed by atoms with van der Waals surface area (Å²) in [6.45, 7) is 4.63. The Hall–Kier alpha value is -1.84. The minimum absolute atomic E-state index is 0.000602. The molecule has 7 nitrogen and oxygen atoms in total. The molecule has 29 heavy (non-hydrogen) atoms. The lowest BCUT2D eigenvalue weighted by Crippen LogP contribution is -2.41. The van der Waals surface area contributed by atoms with E-state index >= 15 is 0 Å². The Bertz CT molecular complexity index is 925. The second kappa shape index (κ2) is 9.77. The zero-order valence-corrected chi connectivity index (χ0v) is 18.6. The number of aromatic nitrogens is 2. The van der Waals surface area contributed by atoms with Gasteiger partial charge in [-0.1, -0.05) is 37.5 Å². The van der Waals surface area contributed by atoms with E-state index in [1.165, 1.54) is 23.5 Å². The number of nitrogens with one attached hydrogen (secondary N) is 1. The largest absolute Gasteiger partial charge is 0.296 e. The van der Waals surface area contributed by atoms with Crippen LogP contribution in [0.15, 0.2) is 29.2 Å². The van der Waals surface area contributed by atoms with Crippen LogP contribution in [0.2, 0.25) is 0 Å². The zero-order chi connectivity index (χ0) is 20.9. The van der Waals surface area contributed by atoms with Gasteiger partial charge in [-0.3, -0.25) is 10.1 Å². The van der Waals surface area contributed by atoms with Crippen molar-refractivity contribution < 1.29 is 13.2 Å². The quantitative estimate of drug-likeness (QED) is 0.629. The van der Waals surface area contributed by atoms with Crippen LogP contribution in [0.3, 0.4) is 0 Å². The van der Waals surface area contributed by atoms with Crippen molar-refractivity contribution in [3.63, 3.8) is 0 Å². The van der Waals surface area contributed by atoms with E-state index in [1.807, 2.05) is 6.92 Å². The Morgan fingerprint density at radius 3 is 2.66 bits per heavy atom. The minimum atomic E-state index is -3.54. The van der Waals surface area contributed by atoms with E-state index in [0.29, 0.717) is 17.2 Å². The summed E-state index contributed by atoms with van der Waals surface area (Å²) in [6, 6.07) is 6.09. The molecule has 2 heterocycles. The van der Waals surface area contributed by atoms with Crippen LogP contribution in [-0.2, 0) is 16.4 Å². The van der Waals surface area contributed by atoms with Crippen molar-refractivity contribution >= 4 is 32.4 Å². The zero-order valence-electron chi connectivity index (χ0n) is 16.9. The number of anilines is 1. The highest BCUT2D eigenvalue weighted by Crippen LogP contribution is 2.25. The number of piperidine rings is 1. The first-order valence-corrected chi connectivity index (χ1v) is 12.4. The van der Waals surface area contributed by atoms with Crippen molar-refractivity contribution in [3.05, 3.63) is 34.8 Å². The molecule has 0 spiro atoms. The molecule has 1 saturated heterocycles. The molecule has 1 amide bonds. The van der Waals surface area contributed by atoms with E-state index in [1.54, 1.807) is 16.4 Å². The van der Waals surface area contributed by atoms with Gasteiger partial charge in [0.25, 0.3) is 5.91 Å². The van der Waals surface area contributed by atoms with Crippen LogP contribution in [0.5, 0.6) is 0 Å². The first-order valence-electron chi connectivity index (χ1n) is 10.2. The number of hydrogen-bond donors (Lipinski definition) is 1. The topological polar surface area (TPSA) is 92.3 Å². The second-order valence-corrected chi connectivity index (χ2v) is 10.3. The monoisotopic (exact) mass is 436 g/mol. The molecule has 1 atom stereocenters. The molecule has 1 N–H and O–H groups in total. The van der Waals surface area contributed by atoms with Gasteiger partial charge in [-0.05, 0) is 50.5 Å². The smallest absolute Gasteiger partial charge is 0.257 e. The number of sulfonamides is 1. The molecule has 2 aromatic rings. The summed E-state index contributed by atoms with van der Waals surface area (Å²) in [5.41, 5.74) is 0.387. The van der Waals surface area contributed by atoms with Gasteiger partial charge in [0.1, 0.15) is 5.01 Å². The van der Waals surface area contributed by atoms with E-state index in [2.05, 4.69) is 22.4 Å². The maximum atomic E-state index is 12.9. The van der Waals surface area contributed by atoms with Crippen molar-refractivity contribution in [3.8, 4) is 0 Å². The number of unbranched alkanes of at least 4 members (excludes halogenated alkanes) is 2. The van der Waals surface area contributed by atoms with Gasteiger partial charge < -0.3 is 0 Å². The highest BCUT2D eigenvalue weighted by molar-refractivity contribution is 7.89. The number of hydrogen-bond acceptors (Lipinski definition) is 6. The number of benzene rings is 1. The van der Waals surface area contributed by atoms with E-state index in [0.717, 1.165) is 50.0 Å². The van der Waals surface area contributed by atoms with Gasteiger partial charge in [-0.25, -0.2) is 8.42 Å². The van der Waals surface area contributed by atoms with E-state index in [9.17, 15) is 13.2 Å². The van der Waals surface area contributed by atoms with Gasteiger partial charge in [0.15, 0.2) is 0 Å². The number of aryl methyl sites for hydroxylation is 1. The van der Waals surface area contributed by atoms with Gasteiger partial charge in [0, 0.05) is 24.6 Å². The van der Waals surface area contributed by atoms with Gasteiger partial charge >= 0.3 is 0 Å². The standard InChI is InChI=1S/C20H28N4O3S2/c1-3-4-5-9-18-22-23-20(28-18)21-19(25)16-10-12-17(13-11-16)29(26,27)24-14-7-6-8-15(24)2/h10-13,15H,3-9,14H2,1-2H3,(H,21,23,25). The summed E-state index contributed by atoms with van der Waals surface area (Å²) in [7, 11) is -3.54. The molecular weight excluding hydrogens is 408 g/mol. The van der Waals surface area contributed by atoms with Gasteiger partial charge in [0.05, 0.1) is 4.90 Å². The average molecular weight is 437 g/mol. The van der Waals surface area contributed by atoms with Crippen molar-refractivity contribution in [2.45, 2.75) is 69.7 Å². The Labute approximate surface area is 176 Å². The fourth-order valence-electron chi connectivity index (χ4n) is 3.44. The van der Waals surface area contributed by atoms with E-state index in [4.69, 9.17) is 0 Å². The predicted octanol–water partition coefficient (Wildman–Crippen LogP) is 4.09. The molecule has 0 radical (unpaired) electrons. The molecule has 1 aliphatic heterocycles. The summed E-state index contributed by atoms with van der Waals surface area (Å²) >= 11 is 1.38. The first-order chi connectivity index (χ1) is 13.9. The van der Waals surface area contributed by atoms with Crippen LogP contribution in [0.25, 0.3) is 0 Å². The lowest BCUT2D eigenvalue weighted by atomic mass is 10.1. The molecule has 9 heteroatoms. The molecule has 1 aromatic heterocycles. The Kier molecular flexibility index (Phi) is 7.37. The van der Waals surface area contributed by atoms with Crippen LogP contribution in [0.4, 0.5) is 5.13 Å². The lowest BCUT2D eigenvalue weighted by Gasteiger charge is -2.32. The predicted molar refractivity (Wildman–Crippen MR) is 115 cm³/mol. The highest BCUT2D eigenvalue weighted by Gasteiger charge is 2.30. The molecule has 3 rings (SSSR count). The van der Waals surface area contributed by atoms with Gasteiger partial charge in [-0.15, -0.1) is 10.2 Å². The molecule has 0 aliphatic carbocycles. The SMILES string of the molecule is CCCCCc1nnc(NC(=O)c2ccc(S(=O)(=O)N3CCCCC3C)cc2)s1. The fraction of sp³-hybridized carbons (Fsp3) is 0.550. The molecule has 1 aromatic carbocycles. The molecule has 158 valence electrons. The number of nitrogens with zero attached hydrogens (tertiary/aromatic N) is 3. The number of amides is 1. The maximum absolute atomic E-state index is 12.9. The van der Waals surface area contributed by atoms with Gasteiger partial charge in [0.2, 0.25) is 15.2 Å². The van der Waals surface area contributed by atoms with Crippen LogP contribution in [0, 0.1) is 0 Å². The van der Waals surface area contributed by atoms with E-state index in [-0.39, 0.29) is 16.8 Å². The van der Waals surface area contributed by atoms with Crippen LogP contribution in [0.1, 0.15) is 67.7 Å². The normalized spacial score (nSPS) is 17.9. The highest BCUT2D eigenvalue weighted by atomic mass is 32.2.